The summed E-state index contributed by atoms with van der Waals surface area (Å²) in [7, 11) is -3.06. The predicted molar refractivity (Wildman–Crippen MR) is 92.0 cm³/mol. The summed E-state index contributed by atoms with van der Waals surface area (Å²) in [5.41, 5.74) is 0. The molecule has 0 aromatic heterocycles. The van der Waals surface area contributed by atoms with Gasteiger partial charge in [0.15, 0.2) is 0 Å². The second kappa shape index (κ2) is 11.1. The zero-order valence-electron chi connectivity index (χ0n) is 12.8. The van der Waals surface area contributed by atoms with E-state index in [0.29, 0.717) is 19.8 Å². The van der Waals surface area contributed by atoms with Crippen LogP contribution in [-0.2, 0) is 23.1 Å². The van der Waals surface area contributed by atoms with Gasteiger partial charge in [-0.1, -0.05) is 28.7 Å². The molecule has 124 valence electrons. The van der Waals surface area contributed by atoms with Crippen LogP contribution in [0.3, 0.4) is 0 Å². The molecule has 1 saturated heterocycles. The van der Waals surface area contributed by atoms with Gasteiger partial charge in [0.2, 0.25) is 0 Å². The fraction of sp³-hybridized carbons (Fsp3) is 0.857. The summed E-state index contributed by atoms with van der Waals surface area (Å²) in [5.74, 6) is 1.56. The first kappa shape index (κ1) is 19.6. The van der Waals surface area contributed by atoms with Gasteiger partial charge in [-0.25, -0.2) is 0 Å². The minimum Gasteiger partial charge on any atom is -0.379 e. The van der Waals surface area contributed by atoms with Crippen LogP contribution in [0.1, 0.15) is 39.5 Å². The van der Waals surface area contributed by atoms with Crippen molar-refractivity contribution in [2.24, 2.45) is 0 Å². The topological polar surface area (TPSA) is 54.0 Å². The molecule has 21 heavy (non-hydrogen) atoms. The molecule has 0 aliphatic carbocycles. The Balaban J connectivity index is 2.26. The lowest BCUT2D eigenvalue weighted by Gasteiger charge is -2.24. The van der Waals surface area contributed by atoms with Crippen molar-refractivity contribution in [1.82, 2.24) is 0 Å². The highest BCUT2D eigenvalue weighted by atomic mass is 127. The van der Waals surface area contributed by atoms with Crippen molar-refractivity contribution in [3.05, 3.63) is 11.9 Å². The molecule has 0 saturated carbocycles. The molecule has 7 heteroatoms. The SMILES string of the molecule is CCOP(=O)(/C=C/CC[C@@H](I)O[C@H]1CCCOC1)OCC. The van der Waals surface area contributed by atoms with Crippen LogP contribution in [0.25, 0.3) is 0 Å². The zero-order valence-corrected chi connectivity index (χ0v) is 15.9. The summed E-state index contributed by atoms with van der Waals surface area (Å²) in [5, 5.41) is 0. The van der Waals surface area contributed by atoms with Gasteiger partial charge in [0, 0.05) is 12.4 Å². The third kappa shape index (κ3) is 8.67. The number of allylic oxidation sites excluding steroid dienone is 1. The van der Waals surface area contributed by atoms with Crippen molar-refractivity contribution < 1.29 is 23.1 Å². The zero-order chi connectivity index (χ0) is 15.6. The third-order valence-electron chi connectivity index (χ3n) is 2.92. The molecule has 1 rings (SSSR count). The Morgan fingerprint density at radius 2 is 2.10 bits per heavy atom. The lowest BCUT2D eigenvalue weighted by Crippen LogP contribution is -2.27. The molecule has 5 nitrogen and oxygen atoms in total. The Morgan fingerprint density at radius 1 is 1.38 bits per heavy atom. The molecule has 0 aromatic carbocycles. The first-order valence-electron chi connectivity index (χ1n) is 7.53. The fourth-order valence-corrected chi connectivity index (χ4v) is 4.16. The Bertz CT molecular complexity index is 334. The average Bonchev–Trinajstić information content (AvgIpc) is 2.45. The average molecular weight is 432 g/mol. The van der Waals surface area contributed by atoms with E-state index in [1.807, 2.05) is 6.08 Å². The minimum atomic E-state index is -3.06. The van der Waals surface area contributed by atoms with Gasteiger partial charge in [0.05, 0.1) is 25.9 Å². The molecule has 1 heterocycles. The van der Waals surface area contributed by atoms with Gasteiger partial charge in [0.1, 0.15) is 4.11 Å². The maximum atomic E-state index is 12.2. The second-order valence-corrected chi connectivity index (χ2v) is 8.01. The Labute approximate surface area is 141 Å². The van der Waals surface area contributed by atoms with E-state index in [9.17, 15) is 4.57 Å². The van der Waals surface area contributed by atoms with E-state index >= 15 is 0 Å². The molecule has 0 N–H and O–H groups in total. The van der Waals surface area contributed by atoms with Crippen LogP contribution < -0.4 is 0 Å². The minimum absolute atomic E-state index is 0.137. The van der Waals surface area contributed by atoms with Gasteiger partial charge in [-0.15, -0.1) is 0 Å². The quantitative estimate of drug-likeness (QED) is 0.289. The van der Waals surface area contributed by atoms with Gasteiger partial charge in [-0.2, -0.15) is 0 Å². The van der Waals surface area contributed by atoms with E-state index in [4.69, 9.17) is 18.5 Å². The maximum Gasteiger partial charge on any atom is 0.353 e. The van der Waals surface area contributed by atoms with Crippen LogP contribution in [0, 0.1) is 0 Å². The molecular formula is C14H26IO5P. The molecule has 1 fully saturated rings. The Morgan fingerprint density at radius 3 is 2.67 bits per heavy atom. The maximum absolute atomic E-state index is 12.2. The van der Waals surface area contributed by atoms with Crippen LogP contribution in [0.5, 0.6) is 0 Å². The monoisotopic (exact) mass is 432 g/mol. The highest BCUT2D eigenvalue weighted by Crippen LogP contribution is 2.49. The van der Waals surface area contributed by atoms with Crippen LogP contribution in [0.15, 0.2) is 11.9 Å². The largest absolute Gasteiger partial charge is 0.379 e. The lowest BCUT2D eigenvalue weighted by molar-refractivity contribution is -0.0557. The third-order valence-corrected chi connectivity index (χ3v) is 5.65. The standard InChI is InChI=1S/C14H26IO5P/c1-3-18-21(16,19-4-2)11-6-5-9-14(15)20-13-8-7-10-17-12-13/h6,11,13-14H,3-5,7-10,12H2,1-2H3/b11-6+/t13-,14-/m0/s1. The number of halogens is 1. The van der Waals surface area contributed by atoms with Gasteiger partial charge >= 0.3 is 7.60 Å². The van der Waals surface area contributed by atoms with Gasteiger partial charge in [-0.05, 0) is 39.5 Å². The number of alkyl halides is 1. The summed E-state index contributed by atoms with van der Waals surface area (Å²) in [4.78, 5) is 0. The number of hydrogen-bond donors (Lipinski definition) is 0. The van der Waals surface area contributed by atoms with E-state index in [1.165, 1.54) is 0 Å². The molecule has 1 aliphatic heterocycles. The van der Waals surface area contributed by atoms with E-state index < -0.39 is 7.60 Å². The molecule has 1 aliphatic rings. The predicted octanol–water partition coefficient (Wildman–Crippen LogP) is 4.50. The number of rotatable bonds is 10. The van der Waals surface area contributed by atoms with Crippen LogP contribution >= 0.6 is 30.2 Å². The first-order chi connectivity index (χ1) is 10.1. The highest BCUT2D eigenvalue weighted by Gasteiger charge is 2.19. The van der Waals surface area contributed by atoms with Crippen molar-refractivity contribution >= 4 is 30.2 Å². The van der Waals surface area contributed by atoms with Crippen LogP contribution in [0.4, 0.5) is 0 Å². The van der Waals surface area contributed by atoms with Gasteiger partial charge in [0.25, 0.3) is 0 Å². The first-order valence-corrected chi connectivity index (χ1v) is 10.4. The summed E-state index contributed by atoms with van der Waals surface area (Å²) in [6, 6.07) is 0. The van der Waals surface area contributed by atoms with Crippen molar-refractivity contribution in [3.8, 4) is 0 Å². The number of hydrogen-bond acceptors (Lipinski definition) is 5. The van der Waals surface area contributed by atoms with Crippen molar-refractivity contribution in [1.29, 1.82) is 0 Å². The molecule has 0 spiro atoms. The molecule has 0 aromatic rings. The van der Waals surface area contributed by atoms with Crippen molar-refractivity contribution in [2.75, 3.05) is 26.4 Å². The van der Waals surface area contributed by atoms with Gasteiger partial charge < -0.3 is 18.5 Å². The summed E-state index contributed by atoms with van der Waals surface area (Å²) >= 11 is 2.29. The summed E-state index contributed by atoms with van der Waals surface area (Å²) < 4.78 is 34.0. The van der Waals surface area contributed by atoms with Crippen LogP contribution in [-0.4, -0.2) is 36.6 Å². The lowest BCUT2D eigenvalue weighted by atomic mass is 10.2. The molecule has 0 bridgehead atoms. The highest BCUT2D eigenvalue weighted by molar-refractivity contribution is 14.1. The Kier molecular flexibility index (Phi) is 10.4. The van der Waals surface area contributed by atoms with E-state index in [1.54, 1.807) is 19.7 Å². The molecule has 0 radical (unpaired) electrons. The van der Waals surface area contributed by atoms with E-state index in [-0.39, 0.29) is 10.2 Å². The van der Waals surface area contributed by atoms with Gasteiger partial charge in [-0.3, -0.25) is 4.57 Å². The summed E-state index contributed by atoms with van der Waals surface area (Å²) in [6.45, 7) is 5.90. The normalized spacial score (nSPS) is 21.8. The molecule has 0 amide bonds. The molecular weight excluding hydrogens is 406 g/mol. The van der Waals surface area contributed by atoms with E-state index in [0.717, 1.165) is 32.3 Å². The van der Waals surface area contributed by atoms with E-state index in [2.05, 4.69) is 22.6 Å². The summed E-state index contributed by atoms with van der Waals surface area (Å²) in [6.07, 6.45) is 5.86. The van der Waals surface area contributed by atoms with Crippen molar-refractivity contribution in [3.63, 3.8) is 0 Å². The number of ether oxygens (including phenoxy) is 2. The van der Waals surface area contributed by atoms with Crippen LogP contribution in [0.2, 0.25) is 0 Å². The Hall–Kier alpha value is 0.540. The molecule has 0 unspecified atom stereocenters. The fourth-order valence-electron chi connectivity index (χ4n) is 2.01. The van der Waals surface area contributed by atoms with Crippen molar-refractivity contribution in [2.45, 2.75) is 49.7 Å². The second-order valence-electron chi connectivity index (χ2n) is 4.72. The molecule has 2 atom stereocenters. The smallest absolute Gasteiger partial charge is 0.353 e.